The van der Waals surface area contributed by atoms with Crippen LogP contribution in [0.5, 0.6) is 0 Å². The van der Waals surface area contributed by atoms with Crippen molar-refractivity contribution in [3.8, 4) is 0 Å². The molecule has 3 heteroatoms. The van der Waals surface area contributed by atoms with Gasteiger partial charge in [0.15, 0.2) is 0 Å². The predicted molar refractivity (Wildman–Crippen MR) is 33.0 cm³/mol. The highest BCUT2D eigenvalue weighted by atomic mass is 16.5. The van der Waals surface area contributed by atoms with Crippen molar-refractivity contribution in [1.29, 1.82) is 0 Å². The van der Waals surface area contributed by atoms with Gasteiger partial charge in [0.2, 0.25) is 0 Å². The molecule has 0 aromatic carbocycles. The molecule has 1 fully saturated rings. The van der Waals surface area contributed by atoms with Gasteiger partial charge in [0.05, 0.1) is 12.6 Å². The van der Waals surface area contributed by atoms with Gasteiger partial charge in [0.25, 0.3) is 0 Å². The van der Waals surface area contributed by atoms with Gasteiger partial charge in [-0.15, -0.1) is 0 Å². The molecule has 1 rings (SSSR count). The van der Waals surface area contributed by atoms with Gasteiger partial charge in [0, 0.05) is 0 Å². The minimum atomic E-state index is -0.314. The van der Waals surface area contributed by atoms with Crippen LogP contribution in [-0.2, 0) is 9.53 Å². The molecule has 1 heterocycles. The van der Waals surface area contributed by atoms with Crippen LogP contribution in [0.25, 0.3) is 0 Å². The molecular formula is C6H11NO2. The number of hydrogen-bond acceptors (Lipinski definition) is 3. The van der Waals surface area contributed by atoms with Crippen molar-refractivity contribution in [3.05, 3.63) is 0 Å². The Balaban J connectivity index is 2.47. The summed E-state index contributed by atoms with van der Waals surface area (Å²) in [5.41, 5.74) is -0.314. The van der Waals surface area contributed by atoms with Crippen molar-refractivity contribution in [2.75, 3.05) is 6.61 Å². The summed E-state index contributed by atoms with van der Waals surface area (Å²) in [6, 6.07) is -0.111. The highest BCUT2D eigenvalue weighted by Gasteiger charge is 2.29. The zero-order valence-electron chi connectivity index (χ0n) is 5.68. The molecule has 0 radical (unpaired) electrons. The zero-order chi connectivity index (χ0) is 6.91. The van der Waals surface area contributed by atoms with E-state index in [9.17, 15) is 4.79 Å². The Bertz CT molecular complexity index is 122. The maximum absolute atomic E-state index is 10.2. The van der Waals surface area contributed by atoms with Gasteiger partial charge in [-0.05, 0) is 13.8 Å². The average molecular weight is 129 g/mol. The van der Waals surface area contributed by atoms with E-state index >= 15 is 0 Å². The van der Waals surface area contributed by atoms with Crippen LogP contribution in [0.15, 0.2) is 0 Å². The second-order valence-corrected chi connectivity index (χ2v) is 2.71. The Morgan fingerprint density at radius 1 is 1.78 bits per heavy atom. The van der Waals surface area contributed by atoms with Crippen LogP contribution >= 0.6 is 0 Å². The van der Waals surface area contributed by atoms with Crippen LogP contribution in [0.3, 0.4) is 0 Å². The Morgan fingerprint density at radius 2 is 2.44 bits per heavy atom. The highest BCUT2D eigenvalue weighted by molar-refractivity contribution is 5.58. The number of aldehydes is 1. The second kappa shape index (κ2) is 2.08. The molecule has 3 nitrogen and oxygen atoms in total. The quantitative estimate of drug-likeness (QED) is 0.503. The molecule has 0 bridgehead atoms. The van der Waals surface area contributed by atoms with E-state index in [0.717, 1.165) is 6.29 Å². The van der Waals surface area contributed by atoms with E-state index in [2.05, 4.69) is 5.32 Å². The summed E-state index contributed by atoms with van der Waals surface area (Å²) in [4.78, 5) is 10.2. The molecule has 1 N–H and O–H groups in total. The molecule has 9 heavy (non-hydrogen) atoms. The van der Waals surface area contributed by atoms with Gasteiger partial charge in [-0.2, -0.15) is 0 Å². The molecule has 0 saturated carbocycles. The minimum Gasteiger partial charge on any atom is -0.359 e. The van der Waals surface area contributed by atoms with Gasteiger partial charge in [-0.25, -0.2) is 0 Å². The van der Waals surface area contributed by atoms with Crippen LogP contribution < -0.4 is 5.32 Å². The summed E-state index contributed by atoms with van der Waals surface area (Å²) in [6.07, 6.45) is 0.870. The fourth-order valence-electron chi connectivity index (χ4n) is 0.901. The molecule has 52 valence electrons. The van der Waals surface area contributed by atoms with Crippen LogP contribution in [0.2, 0.25) is 0 Å². The van der Waals surface area contributed by atoms with Gasteiger partial charge >= 0.3 is 0 Å². The average Bonchev–Trinajstić information content (AvgIpc) is 2.10. The Morgan fingerprint density at radius 3 is 2.67 bits per heavy atom. The number of hydrogen-bond donors (Lipinski definition) is 1. The molecular weight excluding hydrogens is 118 g/mol. The summed E-state index contributed by atoms with van der Waals surface area (Å²) < 4.78 is 5.20. The largest absolute Gasteiger partial charge is 0.359 e. The first-order chi connectivity index (χ1) is 4.14. The van der Waals surface area contributed by atoms with Crippen molar-refractivity contribution in [1.82, 2.24) is 5.32 Å². The van der Waals surface area contributed by atoms with E-state index in [1.54, 1.807) is 0 Å². The summed E-state index contributed by atoms with van der Waals surface area (Å²) in [6.45, 7) is 4.30. The Kier molecular flexibility index (Phi) is 1.55. The van der Waals surface area contributed by atoms with Crippen molar-refractivity contribution < 1.29 is 9.53 Å². The van der Waals surface area contributed by atoms with E-state index in [1.807, 2.05) is 13.8 Å². The zero-order valence-corrected chi connectivity index (χ0v) is 5.68. The molecule has 1 unspecified atom stereocenters. The molecule has 0 aromatic heterocycles. The second-order valence-electron chi connectivity index (χ2n) is 2.71. The van der Waals surface area contributed by atoms with Gasteiger partial charge < -0.3 is 9.53 Å². The third-order valence-electron chi connectivity index (χ3n) is 1.32. The third kappa shape index (κ3) is 1.50. The van der Waals surface area contributed by atoms with Crippen LogP contribution in [0, 0.1) is 0 Å². The molecule has 0 spiro atoms. The Hall–Kier alpha value is -0.410. The van der Waals surface area contributed by atoms with Crippen molar-refractivity contribution in [3.63, 3.8) is 0 Å². The van der Waals surface area contributed by atoms with Crippen molar-refractivity contribution in [2.24, 2.45) is 0 Å². The summed E-state index contributed by atoms with van der Waals surface area (Å²) in [5.74, 6) is 0. The first-order valence-corrected chi connectivity index (χ1v) is 3.01. The van der Waals surface area contributed by atoms with E-state index < -0.39 is 0 Å². The first-order valence-electron chi connectivity index (χ1n) is 3.01. The molecule has 1 aliphatic heterocycles. The molecule has 1 atom stereocenters. The fourth-order valence-corrected chi connectivity index (χ4v) is 0.901. The van der Waals surface area contributed by atoms with Gasteiger partial charge in [0.1, 0.15) is 12.0 Å². The lowest BCUT2D eigenvalue weighted by atomic mass is 10.3. The topological polar surface area (TPSA) is 38.3 Å². The number of carbonyl (C=O) groups excluding carboxylic acids is 1. The molecule has 0 amide bonds. The third-order valence-corrected chi connectivity index (χ3v) is 1.32. The van der Waals surface area contributed by atoms with Crippen LogP contribution in [-0.4, -0.2) is 24.7 Å². The summed E-state index contributed by atoms with van der Waals surface area (Å²) in [5, 5.41) is 2.99. The highest BCUT2D eigenvalue weighted by Crippen LogP contribution is 2.12. The summed E-state index contributed by atoms with van der Waals surface area (Å²) >= 11 is 0. The molecule has 1 saturated heterocycles. The Labute approximate surface area is 54.4 Å². The normalized spacial score (nSPS) is 32.4. The lowest BCUT2D eigenvalue weighted by Crippen LogP contribution is -2.38. The first kappa shape index (κ1) is 6.71. The monoisotopic (exact) mass is 129 g/mol. The minimum absolute atomic E-state index is 0.111. The molecule has 0 aliphatic carbocycles. The number of nitrogens with one attached hydrogen (secondary N) is 1. The standard InChI is InChI=1S/C6H11NO2/c1-6(2)7-5(3-8)4-9-6/h3,5,7H,4H2,1-2H3. The number of carbonyl (C=O) groups is 1. The molecule has 1 aliphatic rings. The maximum atomic E-state index is 10.2. The predicted octanol–water partition coefficient (Wildman–Crippen LogP) is -0.0902. The molecule has 0 aromatic rings. The fraction of sp³-hybridized carbons (Fsp3) is 0.833. The van der Waals surface area contributed by atoms with E-state index in [-0.39, 0.29) is 11.8 Å². The number of ether oxygens (including phenoxy) is 1. The van der Waals surface area contributed by atoms with Crippen molar-refractivity contribution >= 4 is 6.29 Å². The van der Waals surface area contributed by atoms with E-state index in [4.69, 9.17) is 4.74 Å². The summed E-state index contributed by atoms with van der Waals surface area (Å²) in [7, 11) is 0. The van der Waals surface area contributed by atoms with E-state index in [1.165, 1.54) is 0 Å². The number of rotatable bonds is 1. The van der Waals surface area contributed by atoms with E-state index in [0.29, 0.717) is 6.61 Å². The lowest BCUT2D eigenvalue weighted by molar-refractivity contribution is -0.109. The van der Waals surface area contributed by atoms with Crippen LogP contribution in [0.4, 0.5) is 0 Å². The van der Waals surface area contributed by atoms with Crippen LogP contribution in [0.1, 0.15) is 13.8 Å². The maximum Gasteiger partial charge on any atom is 0.139 e. The lowest BCUT2D eigenvalue weighted by Gasteiger charge is -2.16. The van der Waals surface area contributed by atoms with Gasteiger partial charge in [-0.1, -0.05) is 0 Å². The van der Waals surface area contributed by atoms with Gasteiger partial charge in [-0.3, -0.25) is 5.32 Å². The SMILES string of the molecule is CC1(C)NC(C=O)CO1. The van der Waals surface area contributed by atoms with Crippen molar-refractivity contribution in [2.45, 2.75) is 25.6 Å². The smallest absolute Gasteiger partial charge is 0.139 e.